The Morgan fingerprint density at radius 1 is 0.960 bits per heavy atom. The molecule has 0 aliphatic rings. The minimum atomic E-state index is 0.620. The molecule has 0 amide bonds. The van der Waals surface area contributed by atoms with Crippen molar-refractivity contribution in [2.24, 2.45) is 0 Å². The van der Waals surface area contributed by atoms with Gasteiger partial charge in [-0.25, -0.2) is 0 Å². The van der Waals surface area contributed by atoms with Crippen molar-refractivity contribution in [3.8, 4) is 22.9 Å². The molecule has 1 atom stereocenters. The zero-order chi connectivity index (χ0) is 17.6. The van der Waals surface area contributed by atoms with E-state index in [1.807, 2.05) is 48.5 Å². The first-order valence-corrected chi connectivity index (χ1v) is 8.10. The zero-order valence-corrected chi connectivity index (χ0v) is 14.7. The molecule has 6 heteroatoms. The van der Waals surface area contributed by atoms with Gasteiger partial charge in [-0.3, -0.25) is 0 Å². The van der Waals surface area contributed by atoms with Crippen LogP contribution in [0.5, 0.6) is 11.5 Å². The molecule has 0 saturated carbocycles. The second kappa shape index (κ2) is 7.81. The summed E-state index contributed by atoms with van der Waals surface area (Å²) in [5.74, 6) is 2.71. The maximum atomic E-state index is 5.38. The summed E-state index contributed by atoms with van der Waals surface area (Å²) in [4.78, 5) is 5.71. The Kier molecular flexibility index (Phi) is 5.30. The van der Waals surface area contributed by atoms with Crippen molar-refractivity contribution in [3.63, 3.8) is 0 Å². The molecule has 0 aliphatic carbocycles. The fraction of sp³-hybridized carbons (Fsp3) is 0.263. The molecular weight excluding hydrogens is 318 g/mol. The van der Waals surface area contributed by atoms with Gasteiger partial charge in [-0.15, -0.1) is 0 Å². The predicted octanol–water partition coefficient (Wildman–Crippen LogP) is 1.97. The van der Waals surface area contributed by atoms with Crippen molar-refractivity contribution in [3.05, 3.63) is 60.0 Å². The van der Waals surface area contributed by atoms with E-state index in [4.69, 9.17) is 14.0 Å². The standard InChI is InChI=1S/C19H21N3O3/c1-22(12-14-9-10-16(23-2)17(11-14)24-3)13-18-20-19(21-25-18)15-7-5-4-6-8-15/h4-11H,12-13H2,1-3H3/p+1. The van der Waals surface area contributed by atoms with Crippen LogP contribution >= 0.6 is 0 Å². The summed E-state index contributed by atoms with van der Waals surface area (Å²) in [5.41, 5.74) is 2.10. The Balaban J connectivity index is 1.65. The quantitative estimate of drug-likeness (QED) is 0.712. The molecule has 0 aliphatic heterocycles. The first-order chi connectivity index (χ1) is 12.2. The molecule has 0 spiro atoms. The maximum Gasteiger partial charge on any atom is 0.282 e. The molecule has 1 N–H and O–H groups in total. The van der Waals surface area contributed by atoms with E-state index in [0.29, 0.717) is 18.3 Å². The van der Waals surface area contributed by atoms with Gasteiger partial charge in [0.25, 0.3) is 5.89 Å². The Hall–Kier alpha value is -2.86. The van der Waals surface area contributed by atoms with Crippen molar-refractivity contribution in [2.75, 3.05) is 21.3 Å². The Morgan fingerprint density at radius 2 is 1.72 bits per heavy atom. The molecule has 1 unspecified atom stereocenters. The normalized spacial score (nSPS) is 12.0. The molecule has 0 fully saturated rings. The summed E-state index contributed by atoms with van der Waals surface area (Å²) in [6, 6.07) is 15.8. The van der Waals surface area contributed by atoms with Gasteiger partial charge in [0.15, 0.2) is 18.0 Å². The molecular formula is C19H22N3O3+. The number of quaternary nitrogens is 1. The molecule has 0 bridgehead atoms. The van der Waals surface area contributed by atoms with Crippen LogP contribution in [0.2, 0.25) is 0 Å². The molecule has 1 aromatic heterocycles. The van der Waals surface area contributed by atoms with E-state index in [9.17, 15) is 0 Å². The average molecular weight is 340 g/mol. The van der Waals surface area contributed by atoms with Crippen LogP contribution in [0.25, 0.3) is 11.4 Å². The second-order valence-corrected chi connectivity index (χ2v) is 5.88. The third-order valence-corrected chi connectivity index (χ3v) is 3.91. The number of hydrogen-bond donors (Lipinski definition) is 1. The van der Waals surface area contributed by atoms with E-state index in [-0.39, 0.29) is 0 Å². The molecule has 6 nitrogen and oxygen atoms in total. The van der Waals surface area contributed by atoms with E-state index in [1.165, 1.54) is 4.90 Å². The van der Waals surface area contributed by atoms with E-state index < -0.39 is 0 Å². The molecule has 2 aromatic carbocycles. The number of rotatable bonds is 7. The van der Waals surface area contributed by atoms with Gasteiger partial charge in [0.1, 0.15) is 6.54 Å². The van der Waals surface area contributed by atoms with Crippen molar-refractivity contribution < 1.29 is 18.9 Å². The van der Waals surface area contributed by atoms with Gasteiger partial charge >= 0.3 is 0 Å². The highest BCUT2D eigenvalue weighted by Gasteiger charge is 2.14. The largest absolute Gasteiger partial charge is 0.493 e. The monoisotopic (exact) mass is 340 g/mol. The van der Waals surface area contributed by atoms with Gasteiger partial charge in [0, 0.05) is 11.1 Å². The molecule has 130 valence electrons. The molecule has 0 saturated heterocycles. The van der Waals surface area contributed by atoms with Crippen molar-refractivity contribution in [1.29, 1.82) is 0 Å². The molecule has 25 heavy (non-hydrogen) atoms. The summed E-state index contributed by atoms with van der Waals surface area (Å²) < 4.78 is 16.0. The number of methoxy groups -OCH3 is 2. The highest BCUT2D eigenvalue weighted by Crippen LogP contribution is 2.27. The number of hydrogen-bond acceptors (Lipinski definition) is 5. The minimum absolute atomic E-state index is 0.620. The fourth-order valence-corrected chi connectivity index (χ4v) is 2.69. The number of aromatic nitrogens is 2. The average Bonchev–Trinajstić information content (AvgIpc) is 3.10. The lowest BCUT2D eigenvalue weighted by atomic mass is 10.2. The number of benzene rings is 2. The van der Waals surface area contributed by atoms with Gasteiger partial charge in [0.2, 0.25) is 5.82 Å². The molecule has 3 rings (SSSR count). The van der Waals surface area contributed by atoms with Gasteiger partial charge < -0.3 is 18.9 Å². The van der Waals surface area contributed by atoms with Crippen LogP contribution in [0.4, 0.5) is 0 Å². The van der Waals surface area contributed by atoms with E-state index >= 15 is 0 Å². The molecule has 1 heterocycles. The first-order valence-electron chi connectivity index (χ1n) is 8.10. The number of nitrogens with zero attached hydrogens (tertiary/aromatic N) is 2. The fourth-order valence-electron chi connectivity index (χ4n) is 2.69. The van der Waals surface area contributed by atoms with Gasteiger partial charge in [-0.1, -0.05) is 35.5 Å². The van der Waals surface area contributed by atoms with Crippen LogP contribution in [0.3, 0.4) is 0 Å². The number of ether oxygens (including phenoxy) is 2. The smallest absolute Gasteiger partial charge is 0.282 e. The third kappa shape index (κ3) is 4.16. The number of nitrogens with one attached hydrogen (secondary N) is 1. The van der Waals surface area contributed by atoms with Crippen LogP contribution in [0.1, 0.15) is 11.5 Å². The van der Waals surface area contributed by atoms with Crippen LogP contribution in [0, 0.1) is 0 Å². The lowest BCUT2D eigenvalue weighted by Crippen LogP contribution is -3.06. The zero-order valence-electron chi connectivity index (χ0n) is 14.7. The molecule has 3 aromatic rings. The van der Waals surface area contributed by atoms with E-state index in [1.54, 1.807) is 14.2 Å². The predicted molar refractivity (Wildman–Crippen MR) is 93.6 cm³/mol. The Morgan fingerprint density at radius 3 is 2.44 bits per heavy atom. The van der Waals surface area contributed by atoms with Gasteiger partial charge in [-0.2, -0.15) is 4.98 Å². The minimum Gasteiger partial charge on any atom is -0.493 e. The van der Waals surface area contributed by atoms with E-state index in [0.717, 1.165) is 29.2 Å². The molecule has 0 radical (unpaired) electrons. The maximum absolute atomic E-state index is 5.38. The lowest BCUT2D eigenvalue weighted by Gasteiger charge is -2.13. The first kappa shape index (κ1) is 17.0. The van der Waals surface area contributed by atoms with Crippen molar-refractivity contribution in [1.82, 2.24) is 10.1 Å². The van der Waals surface area contributed by atoms with Crippen molar-refractivity contribution in [2.45, 2.75) is 13.1 Å². The summed E-state index contributed by atoms with van der Waals surface area (Å²) in [6.45, 7) is 1.46. The lowest BCUT2D eigenvalue weighted by molar-refractivity contribution is -0.909. The van der Waals surface area contributed by atoms with Gasteiger partial charge in [0.05, 0.1) is 21.3 Å². The summed E-state index contributed by atoms with van der Waals surface area (Å²) in [5, 5.41) is 4.06. The third-order valence-electron chi connectivity index (χ3n) is 3.91. The van der Waals surface area contributed by atoms with Crippen LogP contribution in [-0.4, -0.2) is 31.4 Å². The highest BCUT2D eigenvalue weighted by molar-refractivity contribution is 5.53. The topological polar surface area (TPSA) is 61.8 Å². The van der Waals surface area contributed by atoms with Crippen LogP contribution in [-0.2, 0) is 13.1 Å². The van der Waals surface area contributed by atoms with Gasteiger partial charge in [-0.05, 0) is 18.2 Å². The van der Waals surface area contributed by atoms with E-state index in [2.05, 4.69) is 17.2 Å². The second-order valence-electron chi connectivity index (χ2n) is 5.88. The SMILES string of the molecule is COc1ccc(C[NH+](C)Cc2nc(-c3ccccc3)no2)cc1OC. The van der Waals surface area contributed by atoms with Crippen molar-refractivity contribution >= 4 is 0 Å². The summed E-state index contributed by atoms with van der Waals surface area (Å²) in [6.07, 6.45) is 0. The Labute approximate surface area is 147 Å². The van der Waals surface area contributed by atoms with Crippen LogP contribution < -0.4 is 14.4 Å². The summed E-state index contributed by atoms with van der Waals surface area (Å²) in [7, 11) is 5.36. The highest BCUT2D eigenvalue weighted by atomic mass is 16.5. The Bertz CT molecular complexity index is 818. The summed E-state index contributed by atoms with van der Waals surface area (Å²) >= 11 is 0. The van der Waals surface area contributed by atoms with Crippen LogP contribution in [0.15, 0.2) is 53.1 Å².